The third-order valence-corrected chi connectivity index (χ3v) is 6.14. The van der Waals surface area contributed by atoms with Crippen molar-refractivity contribution in [3.63, 3.8) is 0 Å². The molecule has 5 heteroatoms. The Morgan fingerprint density at radius 2 is 2.00 bits per heavy atom. The molecule has 4 nitrogen and oxygen atoms in total. The van der Waals surface area contributed by atoms with Crippen LogP contribution in [0.15, 0.2) is 29.3 Å². The van der Waals surface area contributed by atoms with Crippen LogP contribution in [0.4, 0.5) is 5.69 Å². The van der Waals surface area contributed by atoms with Crippen molar-refractivity contribution in [3.8, 4) is 0 Å². The molecule has 0 spiro atoms. The van der Waals surface area contributed by atoms with Crippen molar-refractivity contribution in [2.75, 3.05) is 18.1 Å². The van der Waals surface area contributed by atoms with E-state index in [1.165, 1.54) is 31.2 Å². The summed E-state index contributed by atoms with van der Waals surface area (Å²) in [5.41, 5.74) is 2.16. The average Bonchev–Trinajstić information content (AvgIpc) is 3.21. The monoisotopic (exact) mass is 345 g/mol. The fourth-order valence-electron chi connectivity index (χ4n) is 3.30. The Morgan fingerprint density at radius 1 is 1.29 bits per heavy atom. The summed E-state index contributed by atoms with van der Waals surface area (Å²) in [6.07, 6.45) is 6.58. The van der Waals surface area contributed by atoms with Crippen molar-refractivity contribution >= 4 is 28.5 Å². The highest BCUT2D eigenvalue weighted by Crippen LogP contribution is 2.28. The van der Waals surface area contributed by atoms with Crippen molar-refractivity contribution in [1.29, 1.82) is 0 Å². The number of amides is 1. The number of carbonyl (C=O) groups excluding carboxylic acids is 1. The summed E-state index contributed by atoms with van der Waals surface area (Å²) in [6, 6.07) is 8.84. The molecule has 1 aliphatic carbocycles. The van der Waals surface area contributed by atoms with Crippen molar-refractivity contribution in [1.82, 2.24) is 4.90 Å². The van der Waals surface area contributed by atoms with E-state index in [0.29, 0.717) is 12.5 Å². The topological polar surface area (TPSA) is 44.7 Å². The molecule has 1 saturated carbocycles. The molecule has 2 aliphatic rings. The zero-order valence-electron chi connectivity index (χ0n) is 14.6. The molecule has 1 amide bonds. The minimum absolute atomic E-state index is 0.0822. The van der Waals surface area contributed by atoms with Crippen LogP contribution in [0.3, 0.4) is 0 Å². The number of aryl methyl sites for hydroxylation is 1. The number of anilines is 1. The Kier molecular flexibility index (Phi) is 5.82. The van der Waals surface area contributed by atoms with Crippen LogP contribution in [0.25, 0.3) is 0 Å². The lowest BCUT2D eigenvalue weighted by molar-refractivity contribution is -0.116. The van der Waals surface area contributed by atoms with Gasteiger partial charge in [0, 0.05) is 31.0 Å². The molecule has 1 unspecified atom stereocenters. The van der Waals surface area contributed by atoms with Gasteiger partial charge in [-0.3, -0.25) is 9.79 Å². The molecule has 1 aromatic rings. The van der Waals surface area contributed by atoms with Gasteiger partial charge < -0.3 is 10.2 Å². The van der Waals surface area contributed by atoms with E-state index < -0.39 is 0 Å². The maximum atomic E-state index is 12.3. The molecular weight excluding hydrogens is 318 g/mol. The van der Waals surface area contributed by atoms with Crippen molar-refractivity contribution in [3.05, 3.63) is 29.8 Å². The number of hydrogen-bond donors (Lipinski definition) is 1. The molecule has 3 rings (SSSR count). The third-order valence-electron chi connectivity index (χ3n) is 4.94. The van der Waals surface area contributed by atoms with Gasteiger partial charge >= 0.3 is 0 Å². The second kappa shape index (κ2) is 8.06. The average molecular weight is 346 g/mol. The Balaban J connectivity index is 1.52. The van der Waals surface area contributed by atoms with E-state index in [4.69, 9.17) is 4.99 Å². The fraction of sp³-hybridized carbons (Fsp3) is 0.579. The molecule has 1 atom stereocenters. The van der Waals surface area contributed by atoms with Gasteiger partial charge in [0.2, 0.25) is 5.91 Å². The van der Waals surface area contributed by atoms with Crippen LogP contribution in [0.5, 0.6) is 0 Å². The lowest BCUT2D eigenvalue weighted by Crippen LogP contribution is -2.34. The highest BCUT2D eigenvalue weighted by atomic mass is 32.2. The van der Waals surface area contributed by atoms with Crippen molar-refractivity contribution in [2.24, 2.45) is 4.99 Å². The smallest absolute Gasteiger partial charge is 0.226 e. The van der Waals surface area contributed by atoms with Crippen molar-refractivity contribution in [2.45, 2.75) is 57.5 Å². The predicted molar refractivity (Wildman–Crippen MR) is 103 cm³/mol. The fourth-order valence-corrected chi connectivity index (χ4v) is 4.56. The summed E-state index contributed by atoms with van der Waals surface area (Å²) < 4.78 is 0. The number of nitrogens with one attached hydrogen (secondary N) is 1. The number of amidine groups is 1. The van der Waals surface area contributed by atoms with E-state index in [2.05, 4.69) is 36.3 Å². The number of benzene rings is 1. The Hall–Kier alpha value is -1.49. The van der Waals surface area contributed by atoms with Crippen LogP contribution in [-0.4, -0.2) is 40.9 Å². The first-order valence-electron chi connectivity index (χ1n) is 8.98. The van der Waals surface area contributed by atoms with Gasteiger partial charge in [0.05, 0.1) is 6.04 Å². The zero-order chi connectivity index (χ0) is 16.9. The molecule has 1 heterocycles. The maximum Gasteiger partial charge on any atom is 0.226 e. The summed E-state index contributed by atoms with van der Waals surface area (Å²) in [5, 5.41) is 4.13. The number of rotatable bonds is 5. The van der Waals surface area contributed by atoms with Gasteiger partial charge in [-0.25, -0.2) is 0 Å². The van der Waals surface area contributed by atoms with Gasteiger partial charge in [0.15, 0.2) is 5.17 Å². The second-order valence-electron chi connectivity index (χ2n) is 6.73. The Labute approximate surface area is 149 Å². The summed E-state index contributed by atoms with van der Waals surface area (Å²) >= 11 is 1.79. The first-order chi connectivity index (χ1) is 11.7. The third kappa shape index (κ3) is 4.32. The van der Waals surface area contributed by atoms with E-state index in [1.807, 2.05) is 12.1 Å². The first kappa shape index (κ1) is 17.3. The van der Waals surface area contributed by atoms with Gasteiger partial charge in [-0.05, 0) is 37.0 Å². The number of thioether (sulfide) groups is 1. The summed E-state index contributed by atoms with van der Waals surface area (Å²) in [7, 11) is 2.07. The lowest BCUT2D eigenvalue weighted by Gasteiger charge is -2.21. The van der Waals surface area contributed by atoms with E-state index in [1.54, 1.807) is 11.8 Å². The molecule has 24 heavy (non-hydrogen) atoms. The van der Waals surface area contributed by atoms with E-state index >= 15 is 0 Å². The number of hydrogen-bond acceptors (Lipinski definition) is 3. The SMILES string of the molecule is CCc1ccc(NC(=O)CC2CSC(=NC3CCCC3)N2C)cc1. The van der Waals surface area contributed by atoms with Crippen LogP contribution >= 0.6 is 11.8 Å². The molecule has 1 saturated heterocycles. The molecule has 1 aliphatic heterocycles. The van der Waals surface area contributed by atoms with Gasteiger partial charge in [-0.1, -0.05) is 43.7 Å². The van der Waals surface area contributed by atoms with Gasteiger partial charge in [-0.15, -0.1) is 0 Å². The molecule has 0 bridgehead atoms. The Bertz CT molecular complexity index is 593. The predicted octanol–water partition coefficient (Wildman–Crippen LogP) is 3.92. The number of carbonyl (C=O) groups is 1. The minimum Gasteiger partial charge on any atom is -0.350 e. The highest BCUT2D eigenvalue weighted by molar-refractivity contribution is 8.14. The first-order valence-corrected chi connectivity index (χ1v) is 9.96. The normalized spacial score (nSPS) is 23.2. The molecule has 0 radical (unpaired) electrons. The zero-order valence-corrected chi connectivity index (χ0v) is 15.4. The van der Waals surface area contributed by atoms with Gasteiger partial charge in [0.25, 0.3) is 0 Å². The summed E-state index contributed by atoms with van der Waals surface area (Å²) in [4.78, 5) is 19.4. The van der Waals surface area contributed by atoms with E-state index in [9.17, 15) is 4.79 Å². The minimum atomic E-state index is 0.0822. The summed E-state index contributed by atoms with van der Waals surface area (Å²) in [6.45, 7) is 2.13. The largest absolute Gasteiger partial charge is 0.350 e. The van der Waals surface area contributed by atoms with E-state index in [-0.39, 0.29) is 11.9 Å². The molecule has 2 fully saturated rings. The van der Waals surface area contributed by atoms with E-state index in [0.717, 1.165) is 23.0 Å². The molecule has 1 N–H and O–H groups in total. The molecule has 1 aromatic carbocycles. The molecular formula is C19H27N3OS. The highest BCUT2D eigenvalue weighted by Gasteiger charge is 2.30. The Morgan fingerprint density at radius 3 is 2.67 bits per heavy atom. The van der Waals surface area contributed by atoms with Crippen LogP contribution < -0.4 is 5.32 Å². The number of nitrogens with zero attached hydrogens (tertiary/aromatic N) is 2. The van der Waals surface area contributed by atoms with Crippen LogP contribution in [-0.2, 0) is 11.2 Å². The second-order valence-corrected chi connectivity index (χ2v) is 7.72. The van der Waals surface area contributed by atoms with Crippen molar-refractivity contribution < 1.29 is 4.79 Å². The van der Waals surface area contributed by atoms with Crippen LogP contribution in [0.1, 0.15) is 44.6 Å². The molecule has 0 aromatic heterocycles. The van der Waals surface area contributed by atoms with Gasteiger partial charge in [-0.2, -0.15) is 0 Å². The number of aliphatic imine (C=N–C) groups is 1. The summed E-state index contributed by atoms with van der Waals surface area (Å²) in [5.74, 6) is 1.03. The quantitative estimate of drug-likeness (QED) is 0.879. The lowest BCUT2D eigenvalue weighted by atomic mass is 10.1. The van der Waals surface area contributed by atoms with Crippen LogP contribution in [0, 0.1) is 0 Å². The maximum absolute atomic E-state index is 12.3. The standard InChI is InChI=1S/C19H27N3OS/c1-3-14-8-10-16(11-9-14)20-18(23)12-17-13-24-19(22(17)2)21-15-6-4-5-7-15/h8-11,15,17H,3-7,12-13H2,1-2H3,(H,20,23). The van der Waals surface area contributed by atoms with Gasteiger partial charge in [0.1, 0.15) is 0 Å². The molecule has 130 valence electrons. The van der Waals surface area contributed by atoms with Crippen LogP contribution in [0.2, 0.25) is 0 Å².